The summed E-state index contributed by atoms with van der Waals surface area (Å²) in [6.45, 7) is 11.1. The lowest BCUT2D eigenvalue weighted by molar-refractivity contribution is 0.177. The van der Waals surface area contributed by atoms with Gasteiger partial charge in [0.05, 0.1) is 6.54 Å². The third kappa shape index (κ3) is 6.17. The van der Waals surface area contributed by atoms with Gasteiger partial charge in [0.25, 0.3) is 0 Å². The number of guanidine groups is 1. The predicted octanol–water partition coefficient (Wildman–Crippen LogP) is 1.42. The van der Waals surface area contributed by atoms with Crippen molar-refractivity contribution in [3.8, 4) is 0 Å². The van der Waals surface area contributed by atoms with E-state index in [0.717, 1.165) is 69.0 Å². The van der Waals surface area contributed by atoms with E-state index in [1.54, 1.807) is 7.11 Å². The Balaban J connectivity index is 1.45. The van der Waals surface area contributed by atoms with Crippen LogP contribution in [0.15, 0.2) is 4.99 Å². The maximum Gasteiger partial charge on any atom is 0.191 e. The molecule has 8 nitrogen and oxygen atoms in total. The summed E-state index contributed by atoms with van der Waals surface area (Å²) in [4.78, 5) is 11.9. The lowest BCUT2D eigenvalue weighted by atomic mass is 9.99. The molecule has 0 bridgehead atoms. The molecule has 0 aliphatic carbocycles. The van der Waals surface area contributed by atoms with Crippen LogP contribution in [0, 0.1) is 5.92 Å². The standard InChI is InChI=1S/C20H37N7O/c1-4-21-20(22-10-5-11-26-12-8-16(2)9-13-26)23-17-6-7-19-24-18(15-28-3)25-27(19)14-17/h16-17H,4-15H2,1-3H3,(H2,21,22,23). The molecule has 3 heterocycles. The summed E-state index contributed by atoms with van der Waals surface area (Å²) in [7, 11) is 1.68. The number of nitrogens with one attached hydrogen (secondary N) is 2. The summed E-state index contributed by atoms with van der Waals surface area (Å²) in [5.74, 6) is 3.64. The van der Waals surface area contributed by atoms with E-state index in [-0.39, 0.29) is 0 Å². The average Bonchev–Trinajstić information content (AvgIpc) is 3.08. The molecule has 1 aromatic heterocycles. The number of hydrogen-bond donors (Lipinski definition) is 2. The minimum Gasteiger partial charge on any atom is -0.377 e. The van der Waals surface area contributed by atoms with Gasteiger partial charge >= 0.3 is 0 Å². The second-order valence-corrected chi connectivity index (χ2v) is 8.08. The SMILES string of the molecule is CCNC(=NCCCN1CCC(C)CC1)NC1CCc2nc(COC)nn2C1. The Kier molecular flexibility index (Phi) is 8.09. The Labute approximate surface area is 169 Å². The molecular weight excluding hydrogens is 354 g/mol. The van der Waals surface area contributed by atoms with Crippen molar-refractivity contribution in [2.24, 2.45) is 10.9 Å². The zero-order valence-corrected chi connectivity index (χ0v) is 17.8. The first-order chi connectivity index (χ1) is 13.7. The molecule has 0 amide bonds. The molecule has 3 rings (SSSR count). The Bertz CT molecular complexity index is 622. The van der Waals surface area contributed by atoms with E-state index in [4.69, 9.17) is 9.73 Å². The number of likely N-dealkylation sites (tertiary alicyclic amines) is 1. The van der Waals surface area contributed by atoms with E-state index in [2.05, 4.69) is 39.5 Å². The summed E-state index contributed by atoms with van der Waals surface area (Å²) in [6, 6.07) is 0.325. The minimum atomic E-state index is 0.325. The fourth-order valence-corrected chi connectivity index (χ4v) is 3.95. The van der Waals surface area contributed by atoms with Crippen LogP contribution < -0.4 is 10.6 Å². The maximum absolute atomic E-state index is 5.15. The van der Waals surface area contributed by atoms with Crippen LogP contribution in [0.2, 0.25) is 0 Å². The quantitative estimate of drug-likeness (QED) is 0.396. The van der Waals surface area contributed by atoms with Gasteiger partial charge in [-0.1, -0.05) is 6.92 Å². The molecule has 158 valence electrons. The Morgan fingerprint density at radius 3 is 2.86 bits per heavy atom. The van der Waals surface area contributed by atoms with Gasteiger partial charge in [0.15, 0.2) is 11.8 Å². The number of aliphatic imine (C=N–C) groups is 1. The molecule has 1 fully saturated rings. The first-order valence-corrected chi connectivity index (χ1v) is 10.9. The largest absolute Gasteiger partial charge is 0.377 e. The van der Waals surface area contributed by atoms with Crippen LogP contribution in [0.25, 0.3) is 0 Å². The predicted molar refractivity (Wildman–Crippen MR) is 111 cm³/mol. The van der Waals surface area contributed by atoms with Crippen LogP contribution in [0.4, 0.5) is 0 Å². The lowest BCUT2D eigenvalue weighted by Gasteiger charge is -2.30. The van der Waals surface area contributed by atoms with Gasteiger partial charge in [0.1, 0.15) is 12.4 Å². The number of piperidine rings is 1. The number of rotatable bonds is 8. The Hall–Kier alpha value is -1.67. The van der Waals surface area contributed by atoms with E-state index in [1.807, 2.05) is 4.68 Å². The molecule has 8 heteroatoms. The smallest absolute Gasteiger partial charge is 0.191 e. The van der Waals surface area contributed by atoms with Crippen LogP contribution in [-0.4, -0.2) is 71.5 Å². The van der Waals surface area contributed by atoms with Crippen molar-refractivity contribution in [3.63, 3.8) is 0 Å². The number of hydrogen-bond acceptors (Lipinski definition) is 5. The minimum absolute atomic E-state index is 0.325. The Morgan fingerprint density at radius 2 is 2.11 bits per heavy atom. The van der Waals surface area contributed by atoms with Crippen molar-refractivity contribution in [3.05, 3.63) is 11.6 Å². The molecule has 2 aliphatic heterocycles. The monoisotopic (exact) mass is 391 g/mol. The molecule has 2 aliphatic rings. The Morgan fingerprint density at radius 1 is 1.29 bits per heavy atom. The molecule has 28 heavy (non-hydrogen) atoms. The highest BCUT2D eigenvalue weighted by Crippen LogP contribution is 2.16. The molecule has 2 N–H and O–H groups in total. The summed E-state index contributed by atoms with van der Waals surface area (Å²) in [5, 5.41) is 11.5. The molecule has 0 aromatic carbocycles. The number of methoxy groups -OCH3 is 1. The summed E-state index contributed by atoms with van der Waals surface area (Å²) < 4.78 is 7.16. The van der Waals surface area contributed by atoms with Crippen LogP contribution in [0.3, 0.4) is 0 Å². The van der Waals surface area contributed by atoms with Gasteiger partial charge in [-0.3, -0.25) is 4.99 Å². The number of fused-ring (bicyclic) bond motifs is 1. The van der Waals surface area contributed by atoms with Crippen molar-refractivity contribution in [2.75, 3.05) is 39.8 Å². The van der Waals surface area contributed by atoms with Crippen molar-refractivity contribution >= 4 is 5.96 Å². The second kappa shape index (κ2) is 10.8. The van der Waals surface area contributed by atoms with Gasteiger partial charge in [-0.2, -0.15) is 5.10 Å². The van der Waals surface area contributed by atoms with Gasteiger partial charge in [-0.05, 0) is 58.2 Å². The van der Waals surface area contributed by atoms with E-state index >= 15 is 0 Å². The molecule has 0 radical (unpaired) electrons. The molecule has 0 spiro atoms. The van der Waals surface area contributed by atoms with Gasteiger partial charge < -0.3 is 20.3 Å². The number of aryl methyl sites for hydroxylation is 1. The fraction of sp³-hybridized carbons (Fsp3) is 0.850. The van der Waals surface area contributed by atoms with E-state index < -0.39 is 0 Å². The molecular formula is C20H37N7O. The second-order valence-electron chi connectivity index (χ2n) is 8.08. The lowest BCUT2D eigenvalue weighted by Crippen LogP contribution is -2.47. The van der Waals surface area contributed by atoms with Crippen molar-refractivity contribution in [2.45, 2.75) is 65.1 Å². The summed E-state index contributed by atoms with van der Waals surface area (Å²) >= 11 is 0. The average molecular weight is 392 g/mol. The molecule has 1 aromatic rings. The van der Waals surface area contributed by atoms with Crippen molar-refractivity contribution in [1.82, 2.24) is 30.3 Å². The molecule has 0 saturated carbocycles. The molecule has 1 atom stereocenters. The van der Waals surface area contributed by atoms with E-state index in [1.165, 1.54) is 25.9 Å². The van der Waals surface area contributed by atoms with Crippen LogP contribution in [0.1, 0.15) is 51.2 Å². The van der Waals surface area contributed by atoms with Crippen molar-refractivity contribution in [1.29, 1.82) is 0 Å². The van der Waals surface area contributed by atoms with Gasteiger partial charge in [-0.15, -0.1) is 0 Å². The summed E-state index contributed by atoms with van der Waals surface area (Å²) in [5.41, 5.74) is 0. The number of aromatic nitrogens is 3. The topological polar surface area (TPSA) is 79.6 Å². The van der Waals surface area contributed by atoms with E-state index in [0.29, 0.717) is 12.6 Å². The highest BCUT2D eigenvalue weighted by Gasteiger charge is 2.22. The van der Waals surface area contributed by atoms with Gasteiger partial charge in [0, 0.05) is 32.7 Å². The van der Waals surface area contributed by atoms with Gasteiger partial charge in [0.2, 0.25) is 0 Å². The fourth-order valence-electron chi connectivity index (χ4n) is 3.95. The zero-order chi connectivity index (χ0) is 19.8. The zero-order valence-electron chi connectivity index (χ0n) is 17.8. The van der Waals surface area contributed by atoms with Crippen LogP contribution >= 0.6 is 0 Å². The third-order valence-corrected chi connectivity index (χ3v) is 5.64. The number of ether oxygens (including phenoxy) is 1. The normalized spacial score (nSPS) is 21.5. The third-order valence-electron chi connectivity index (χ3n) is 5.64. The summed E-state index contributed by atoms with van der Waals surface area (Å²) in [6.07, 6.45) is 5.77. The van der Waals surface area contributed by atoms with Crippen LogP contribution in [-0.2, 0) is 24.3 Å². The maximum atomic E-state index is 5.15. The van der Waals surface area contributed by atoms with Crippen LogP contribution in [0.5, 0.6) is 0 Å². The first-order valence-electron chi connectivity index (χ1n) is 10.9. The first kappa shape index (κ1) is 21.0. The molecule has 1 saturated heterocycles. The highest BCUT2D eigenvalue weighted by molar-refractivity contribution is 5.80. The van der Waals surface area contributed by atoms with Crippen molar-refractivity contribution < 1.29 is 4.74 Å². The van der Waals surface area contributed by atoms with E-state index in [9.17, 15) is 0 Å². The van der Waals surface area contributed by atoms with Gasteiger partial charge in [-0.25, -0.2) is 9.67 Å². The number of nitrogens with zero attached hydrogens (tertiary/aromatic N) is 5. The highest BCUT2D eigenvalue weighted by atomic mass is 16.5. The molecule has 1 unspecified atom stereocenters.